The highest BCUT2D eigenvalue weighted by Crippen LogP contribution is 2.25. The van der Waals surface area contributed by atoms with Gasteiger partial charge in [0, 0.05) is 35.9 Å². The number of benzene rings is 2. The molecule has 0 radical (unpaired) electrons. The molecule has 42 heavy (non-hydrogen) atoms. The average molecular weight is 584 g/mol. The van der Waals surface area contributed by atoms with Gasteiger partial charge in [-0.1, -0.05) is 6.07 Å². The first kappa shape index (κ1) is 29.8. The number of halogens is 4. The summed E-state index contributed by atoms with van der Waals surface area (Å²) in [6.07, 6.45) is 1.15. The molecule has 4 rings (SSSR count). The van der Waals surface area contributed by atoms with Crippen molar-refractivity contribution in [1.82, 2.24) is 24.6 Å². The van der Waals surface area contributed by atoms with Crippen LogP contribution < -0.4 is 5.32 Å². The third-order valence-corrected chi connectivity index (χ3v) is 6.50. The number of carbonyl (C=O) groups excluding carboxylic acids is 3. The van der Waals surface area contributed by atoms with Crippen LogP contribution in [0.2, 0.25) is 0 Å². The lowest BCUT2D eigenvalue weighted by Gasteiger charge is -2.27. The Morgan fingerprint density at radius 2 is 1.86 bits per heavy atom. The van der Waals surface area contributed by atoms with E-state index in [9.17, 15) is 37.2 Å². The SMILES string of the molecule is Cc1cc(-c2ccn(C(F)F)n2)ccc1NC(=O)CN(C(=O)CN(C)C(=O)c1cc2c(F)cc(F)cc2[nH]1)C(C)C#N. The lowest BCUT2D eigenvalue weighted by atomic mass is 10.1. The zero-order chi connectivity index (χ0) is 30.7. The second-order valence-corrected chi connectivity index (χ2v) is 9.56. The molecule has 0 aliphatic rings. The van der Waals surface area contributed by atoms with E-state index in [-0.39, 0.29) is 16.6 Å². The van der Waals surface area contributed by atoms with Crippen LogP contribution in [0.4, 0.5) is 23.2 Å². The molecule has 218 valence electrons. The van der Waals surface area contributed by atoms with Crippen molar-refractivity contribution in [2.45, 2.75) is 26.4 Å². The van der Waals surface area contributed by atoms with Crippen molar-refractivity contribution in [2.24, 2.45) is 0 Å². The van der Waals surface area contributed by atoms with E-state index in [2.05, 4.69) is 15.4 Å². The Labute approximate surface area is 237 Å². The van der Waals surface area contributed by atoms with E-state index in [1.54, 1.807) is 25.1 Å². The normalized spacial score (nSPS) is 11.8. The first-order valence-corrected chi connectivity index (χ1v) is 12.5. The van der Waals surface area contributed by atoms with Gasteiger partial charge in [0.25, 0.3) is 5.91 Å². The summed E-state index contributed by atoms with van der Waals surface area (Å²) in [4.78, 5) is 43.5. The van der Waals surface area contributed by atoms with Gasteiger partial charge in [0.2, 0.25) is 11.8 Å². The molecule has 4 aromatic rings. The third-order valence-electron chi connectivity index (χ3n) is 6.50. The predicted molar refractivity (Wildman–Crippen MR) is 144 cm³/mol. The predicted octanol–water partition coefficient (Wildman–Crippen LogP) is 4.46. The molecule has 0 saturated heterocycles. The molecule has 0 fully saturated rings. The number of carbonyl (C=O) groups is 3. The maximum Gasteiger partial charge on any atom is 0.333 e. The number of rotatable bonds is 9. The van der Waals surface area contributed by atoms with Crippen LogP contribution in [0.3, 0.4) is 0 Å². The van der Waals surface area contributed by atoms with Crippen LogP contribution in [0.25, 0.3) is 22.2 Å². The summed E-state index contributed by atoms with van der Waals surface area (Å²) in [5, 5.41) is 15.9. The smallest absolute Gasteiger partial charge is 0.333 e. The number of fused-ring (bicyclic) bond motifs is 1. The molecule has 0 saturated carbocycles. The van der Waals surface area contributed by atoms with E-state index < -0.39 is 55.0 Å². The molecular weight excluding hydrogens is 558 g/mol. The van der Waals surface area contributed by atoms with Crippen molar-refractivity contribution in [3.8, 4) is 17.3 Å². The molecule has 14 heteroatoms. The lowest BCUT2D eigenvalue weighted by molar-refractivity contribution is -0.136. The zero-order valence-corrected chi connectivity index (χ0v) is 22.7. The first-order chi connectivity index (χ1) is 19.9. The summed E-state index contributed by atoms with van der Waals surface area (Å²) in [6, 6.07) is 10.0. The molecule has 0 bridgehead atoms. The fourth-order valence-corrected chi connectivity index (χ4v) is 4.27. The standard InChI is InChI=1S/C28H25F4N7O3/c1-15-8-17(22-6-7-39(36-22)28(31)32)4-5-21(15)35-25(40)13-38(16(2)12-33)26(41)14-37(3)27(42)24-11-19-20(30)9-18(29)10-23(19)34-24/h4-11,16,28,34H,13-14H2,1-3H3,(H,35,40). The van der Waals surface area contributed by atoms with Crippen LogP contribution in [0.5, 0.6) is 0 Å². The number of H-pyrrole nitrogens is 1. The molecule has 0 aliphatic carbocycles. The Morgan fingerprint density at radius 1 is 1.12 bits per heavy atom. The van der Waals surface area contributed by atoms with Crippen molar-refractivity contribution in [2.75, 3.05) is 25.5 Å². The van der Waals surface area contributed by atoms with Crippen LogP contribution in [-0.4, -0.2) is 68.5 Å². The van der Waals surface area contributed by atoms with Gasteiger partial charge in [-0.25, -0.2) is 13.5 Å². The summed E-state index contributed by atoms with van der Waals surface area (Å²) >= 11 is 0. The highest BCUT2D eigenvalue weighted by atomic mass is 19.3. The summed E-state index contributed by atoms with van der Waals surface area (Å²) in [5.41, 5.74) is 1.84. The van der Waals surface area contributed by atoms with Crippen LogP contribution in [0.1, 0.15) is 29.5 Å². The highest BCUT2D eigenvalue weighted by molar-refractivity contribution is 6.00. The average Bonchev–Trinajstić information content (AvgIpc) is 3.60. The fraction of sp³-hybridized carbons (Fsp3) is 0.250. The summed E-state index contributed by atoms with van der Waals surface area (Å²) < 4.78 is 53.8. The van der Waals surface area contributed by atoms with E-state index in [1.807, 2.05) is 6.07 Å². The number of nitrogens with one attached hydrogen (secondary N) is 2. The Hall–Kier alpha value is -5.19. The molecule has 0 spiro atoms. The molecular formula is C28H25F4N7O3. The fourth-order valence-electron chi connectivity index (χ4n) is 4.27. The first-order valence-electron chi connectivity index (χ1n) is 12.5. The van der Waals surface area contributed by atoms with Gasteiger partial charge >= 0.3 is 6.55 Å². The van der Waals surface area contributed by atoms with Crippen molar-refractivity contribution in [3.63, 3.8) is 0 Å². The van der Waals surface area contributed by atoms with Crippen molar-refractivity contribution in [3.05, 3.63) is 71.6 Å². The van der Waals surface area contributed by atoms with Crippen LogP contribution in [-0.2, 0) is 9.59 Å². The van der Waals surface area contributed by atoms with Crippen molar-refractivity contribution < 1.29 is 31.9 Å². The van der Waals surface area contributed by atoms with Crippen molar-refractivity contribution in [1.29, 1.82) is 5.26 Å². The van der Waals surface area contributed by atoms with Gasteiger partial charge < -0.3 is 20.1 Å². The van der Waals surface area contributed by atoms with Gasteiger partial charge in [-0.15, -0.1) is 0 Å². The van der Waals surface area contributed by atoms with E-state index in [1.165, 1.54) is 26.1 Å². The van der Waals surface area contributed by atoms with Gasteiger partial charge in [0.05, 0.1) is 23.8 Å². The van der Waals surface area contributed by atoms with Gasteiger partial charge in [0.15, 0.2) is 0 Å². The van der Waals surface area contributed by atoms with Gasteiger partial charge in [0.1, 0.15) is 29.9 Å². The molecule has 0 aliphatic heterocycles. The minimum Gasteiger partial charge on any atom is -0.350 e. The maximum atomic E-state index is 14.1. The number of anilines is 1. The number of nitrogens with zero attached hydrogens (tertiary/aromatic N) is 5. The second-order valence-electron chi connectivity index (χ2n) is 9.56. The third kappa shape index (κ3) is 6.41. The van der Waals surface area contributed by atoms with Gasteiger partial charge in [-0.3, -0.25) is 14.4 Å². The van der Waals surface area contributed by atoms with E-state index in [4.69, 9.17) is 0 Å². The largest absolute Gasteiger partial charge is 0.350 e. The molecule has 10 nitrogen and oxygen atoms in total. The van der Waals surface area contributed by atoms with Crippen molar-refractivity contribution >= 4 is 34.3 Å². The Bertz CT molecular complexity index is 1710. The molecule has 1 atom stereocenters. The molecule has 1 unspecified atom stereocenters. The summed E-state index contributed by atoms with van der Waals surface area (Å²) in [5.74, 6) is -3.69. The number of aromatic nitrogens is 3. The van der Waals surface area contributed by atoms with Crippen LogP contribution in [0.15, 0.2) is 48.7 Å². The van der Waals surface area contributed by atoms with E-state index >= 15 is 0 Å². The summed E-state index contributed by atoms with van der Waals surface area (Å²) in [7, 11) is 1.31. The number of hydrogen-bond acceptors (Lipinski definition) is 5. The van der Waals surface area contributed by atoms with E-state index in [0.29, 0.717) is 33.3 Å². The number of aryl methyl sites for hydroxylation is 1. The molecule has 2 aromatic carbocycles. The number of alkyl halides is 2. The number of nitriles is 1. The number of likely N-dealkylation sites (N-methyl/N-ethyl adjacent to an activating group) is 1. The highest BCUT2D eigenvalue weighted by Gasteiger charge is 2.26. The molecule has 3 amide bonds. The van der Waals surface area contributed by atoms with Gasteiger partial charge in [-0.05, 0) is 49.7 Å². The Kier molecular flexibility index (Phi) is 8.60. The molecule has 2 aromatic heterocycles. The minimum atomic E-state index is -2.78. The topological polar surface area (TPSA) is 127 Å². The second kappa shape index (κ2) is 12.1. The number of aromatic amines is 1. The molecule has 2 N–H and O–H groups in total. The monoisotopic (exact) mass is 583 g/mol. The lowest BCUT2D eigenvalue weighted by Crippen LogP contribution is -2.47. The Morgan fingerprint density at radius 3 is 2.50 bits per heavy atom. The Balaban J connectivity index is 1.43. The number of amides is 3. The number of hydrogen-bond donors (Lipinski definition) is 2. The van der Waals surface area contributed by atoms with Crippen LogP contribution in [0, 0.1) is 29.9 Å². The van der Waals surface area contributed by atoms with Crippen LogP contribution >= 0.6 is 0 Å². The van der Waals surface area contributed by atoms with E-state index in [0.717, 1.165) is 22.1 Å². The molecule has 2 heterocycles. The quantitative estimate of drug-likeness (QED) is 0.281. The zero-order valence-electron chi connectivity index (χ0n) is 22.7. The van der Waals surface area contributed by atoms with Gasteiger partial charge in [-0.2, -0.15) is 19.1 Å². The minimum absolute atomic E-state index is 0.00188. The maximum absolute atomic E-state index is 14.1. The summed E-state index contributed by atoms with van der Waals surface area (Å²) in [6.45, 7) is -0.687.